The summed E-state index contributed by atoms with van der Waals surface area (Å²) in [5.74, 6) is -0.368. The van der Waals surface area contributed by atoms with Crippen LogP contribution in [0.15, 0.2) is 46.6 Å². The smallest absolute Gasteiger partial charge is 0.258 e. The molecule has 0 radical (unpaired) electrons. The Hall–Kier alpha value is -3.02. The van der Waals surface area contributed by atoms with Gasteiger partial charge in [-0.15, -0.1) is 0 Å². The van der Waals surface area contributed by atoms with Gasteiger partial charge in [0.15, 0.2) is 5.78 Å². The van der Waals surface area contributed by atoms with Crippen molar-refractivity contribution in [3.63, 3.8) is 0 Å². The molecule has 0 aliphatic heterocycles. The molecule has 0 aliphatic rings. The molecule has 2 aromatic carbocycles. The van der Waals surface area contributed by atoms with Crippen LogP contribution in [0.5, 0.6) is 5.75 Å². The lowest BCUT2D eigenvalue weighted by Crippen LogP contribution is -2.32. The number of hydrogen-bond donors (Lipinski definition) is 1. The van der Waals surface area contributed by atoms with Crippen LogP contribution in [0.1, 0.15) is 23.6 Å². The maximum atomic E-state index is 12.5. The fourth-order valence-corrected chi connectivity index (χ4v) is 2.46. The predicted octanol–water partition coefficient (Wildman–Crippen LogP) is 4.30. The summed E-state index contributed by atoms with van der Waals surface area (Å²) in [4.78, 5) is 24.4. The highest BCUT2D eigenvalue weighted by Crippen LogP contribution is 2.28. The summed E-state index contributed by atoms with van der Waals surface area (Å²) in [6, 6.07) is 9.84. The molecule has 1 atom stereocenters. The van der Waals surface area contributed by atoms with Crippen molar-refractivity contribution in [2.75, 3.05) is 12.4 Å². The molecule has 6 heteroatoms. The third kappa shape index (κ3) is 4.75. The number of rotatable bonds is 6. The first-order chi connectivity index (χ1) is 12.3. The quantitative estimate of drug-likeness (QED) is 0.621. The molecule has 0 aliphatic carbocycles. The molecule has 2 aromatic rings. The number of Topliss-reactive ketones (excluding diaryl/α,β-unsaturated/α-hetero) is 1. The topological polar surface area (TPSA) is 80.1 Å². The average molecular weight is 353 g/mol. The van der Waals surface area contributed by atoms with E-state index < -0.39 is 11.9 Å². The molecule has 0 saturated heterocycles. The van der Waals surface area contributed by atoms with Gasteiger partial charge >= 0.3 is 0 Å². The van der Waals surface area contributed by atoms with Crippen LogP contribution in [0.2, 0.25) is 0 Å². The summed E-state index contributed by atoms with van der Waals surface area (Å²) >= 11 is 0. The van der Waals surface area contributed by atoms with E-state index in [0.29, 0.717) is 17.1 Å². The summed E-state index contributed by atoms with van der Waals surface area (Å²) in [7, 11) is 1.53. The Morgan fingerprint density at radius 3 is 2.31 bits per heavy atom. The number of amides is 1. The molecule has 0 bridgehead atoms. The second-order valence-electron chi connectivity index (χ2n) is 6.21. The van der Waals surface area contributed by atoms with Gasteiger partial charge in [-0.3, -0.25) is 9.59 Å². The zero-order chi connectivity index (χ0) is 19.3. The van der Waals surface area contributed by atoms with E-state index >= 15 is 0 Å². The molecule has 2 rings (SSSR count). The van der Waals surface area contributed by atoms with Crippen LogP contribution in [0.25, 0.3) is 0 Å². The van der Waals surface area contributed by atoms with E-state index in [1.807, 2.05) is 45.0 Å². The second kappa shape index (κ2) is 8.38. The standard InChI is InChI=1S/C20H23N3O3/c1-12-6-8-16(14(3)10-12)21-20(25)19(15(4)24)23-22-17-9-7-13(2)11-18(17)26-5/h6-11,19H,1-5H3,(H,21,25). The van der Waals surface area contributed by atoms with Gasteiger partial charge < -0.3 is 10.1 Å². The molecule has 6 nitrogen and oxygen atoms in total. The third-order valence-corrected chi connectivity index (χ3v) is 3.89. The maximum absolute atomic E-state index is 12.5. The van der Waals surface area contributed by atoms with E-state index in [-0.39, 0.29) is 5.78 Å². The summed E-state index contributed by atoms with van der Waals surface area (Å²) in [5.41, 5.74) is 4.13. The number of aryl methyl sites for hydroxylation is 3. The van der Waals surface area contributed by atoms with E-state index in [1.54, 1.807) is 12.1 Å². The minimum atomic E-state index is -1.22. The molecular weight excluding hydrogens is 330 g/mol. The van der Waals surface area contributed by atoms with Gasteiger partial charge in [0.25, 0.3) is 5.91 Å². The predicted molar refractivity (Wildman–Crippen MR) is 101 cm³/mol. The first kappa shape index (κ1) is 19.3. The van der Waals surface area contributed by atoms with E-state index in [2.05, 4.69) is 15.5 Å². The molecule has 136 valence electrons. The van der Waals surface area contributed by atoms with Crippen molar-refractivity contribution in [3.05, 3.63) is 53.1 Å². The highest BCUT2D eigenvalue weighted by molar-refractivity contribution is 6.10. The summed E-state index contributed by atoms with van der Waals surface area (Å²) in [6.45, 7) is 7.11. The molecule has 1 unspecified atom stereocenters. The summed E-state index contributed by atoms with van der Waals surface area (Å²) in [6.07, 6.45) is 0. The van der Waals surface area contributed by atoms with Crippen LogP contribution >= 0.6 is 0 Å². The van der Waals surface area contributed by atoms with Gasteiger partial charge in [-0.1, -0.05) is 23.8 Å². The third-order valence-electron chi connectivity index (χ3n) is 3.89. The minimum Gasteiger partial charge on any atom is -0.494 e. The largest absolute Gasteiger partial charge is 0.494 e. The van der Waals surface area contributed by atoms with Crippen molar-refractivity contribution in [1.29, 1.82) is 0 Å². The lowest BCUT2D eigenvalue weighted by Gasteiger charge is -2.12. The molecule has 1 amide bonds. The number of methoxy groups -OCH3 is 1. The Morgan fingerprint density at radius 2 is 1.69 bits per heavy atom. The van der Waals surface area contributed by atoms with Crippen molar-refractivity contribution < 1.29 is 14.3 Å². The van der Waals surface area contributed by atoms with Crippen LogP contribution in [-0.2, 0) is 9.59 Å². The Kier molecular flexibility index (Phi) is 6.22. The number of carbonyl (C=O) groups excluding carboxylic acids is 2. The number of azo groups is 1. The van der Waals surface area contributed by atoms with Crippen molar-refractivity contribution in [2.24, 2.45) is 10.2 Å². The van der Waals surface area contributed by atoms with E-state index in [0.717, 1.165) is 16.7 Å². The SMILES string of the molecule is COc1cc(C)ccc1N=NC(C(C)=O)C(=O)Nc1ccc(C)cc1C. The Balaban J connectivity index is 2.23. The van der Waals surface area contributed by atoms with Crippen molar-refractivity contribution >= 4 is 23.1 Å². The second-order valence-corrected chi connectivity index (χ2v) is 6.21. The van der Waals surface area contributed by atoms with Crippen molar-refractivity contribution in [1.82, 2.24) is 0 Å². The Morgan fingerprint density at radius 1 is 1.04 bits per heavy atom. The number of anilines is 1. The molecule has 26 heavy (non-hydrogen) atoms. The number of nitrogens with zero attached hydrogens (tertiary/aromatic N) is 2. The highest BCUT2D eigenvalue weighted by Gasteiger charge is 2.23. The van der Waals surface area contributed by atoms with E-state index in [9.17, 15) is 9.59 Å². The van der Waals surface area contributed by atoms with Crippen molar-refractivity contribution in [3.8, 4) is 5.75 Å². The number of ketones is 1. The number of hydrogen-bond acceptors (Lipinski definition) is 5. The van der Waals surface area contributed by atoms with Gasteiger partial charge in [-0.25, -0.2) is 0 Å². The Labute approximate surface area is 153 Å². The molecule has 0 aromatic heterocycles. The number of ether oxygens (including phenoxy) is 1. The summed E-state index contributed by atoms with van der Waals surface area (Å²) < 4.78 is 5.26. The van der Waals surface area contributed by atoms with Gasteiger partial charge in [0.1, 0.15) is 11.4 Å². The monoisotopic (exact) mass is 353 g/mol. The van der Waals surface area contributed by atoms with Crippen molar-refractivity contribution in [2.45, 2.75) is 33.7 Å². The van der Waals surface area contributed by atoms with Gasteiger partial charge in [0.2, 0.25) is 6.04 Å². The zero-order valence-electron chi connectivity index (χ0n) is 15.7. The van der Waals surface area contributed by atoms with E-state index in [1.165, 1.54) is 14.0 Å². The number of carbonyl (C=O) groups is 2. The van der Waals surface area contributed by atoms with Crippen LogP contribution in [0.3, 0.4) is 0 Å². The normalized spacial score (nSPS) is 12.0. The van der Waals surface area contributed by atoms with Gasteiger partial charge in [-0.05, 0) is 57.0 Å². The van der Waals surface area contributed by atoms with E-state index in [4.69, 9.17) is 4.74 Å². The number of nitrogens with one attached hydrogen (secondary N) is 1. The first-order valence-electron chi connectivity index (χ1n) is 8.26. The molecular formula is C20H23N3O3. The van der Waals surface area contributed by atoms with Crippen LogP contribution < -0.4 is 10.1 Å². The molecule has 0 fully saturated rings. The van der Waals surface area contributed by atoms with Gasteiger partial charge in [0.05, 0.1) is 7.11 Å². The summed E-state index contributed by atoms with van der Waals surface area (Å²) in [5, 5.41) is 10.8. The molecule has 1 N–H and O–H groups in total. The molecule has 0 spiro atoms. The van der Waals surface area contributed by atoms with Gasteiger partial charge in [-0.2, -0.15) is 10.2 Å². The first-order valence-corrected chi connectivity index (χ1v) is 8.26. The minimum absolute atomic E-state index is 0.387. The van der Waals surface area contributed by atoms with Gasteiger partial charge in [0, 0.05) is 5.69 Å². The van der Waals surface area contributed by atoms with Crippen LogP contribution in [0, 0.1) is 20.8 Å². The molecule has 0 heterocycles. The highest BCUT2D eigenvalue weighted by atomic mass is 16.5. The fourth-order valence-electron chi connectivity index (χ4n) is 2.46. The zero-order valence-corrected chi connectivity index (χ0v) is 15.7. The fraction of sp³-hybridized carbons (Fsp3) is 0.300. The number of benzene rings is 2. The lowest BCUT2D eigenvalue weighted by molar-refractivity contribution is -0.126. The van der Waals surface area contributed by atoms with Crippen LogP contribution in [-0.4, -0.2) is 24.8 Å². The van der Waals surface area contributed by atoms with Crippen LogP contribution in [0.4, 0.5) is 11.4 Å². The lowest BCUT2D eigenvalue weighted by atomic mass is 10.1. The average Bonchev–Trinajstić information content (AvgIpc) is 2.58. The molecule has 0 saturated carbocycles. The maximum Gasteiger partial charge on any atom is 0.258 e. The Bertz CT molecular complexity index is 859.